The van der Waals surface area contributed by atoms with Gasteiger partial charge in [-0.1, -0.05) is 49.3 Å². The van der Waals surface area contributed by atoms with Crippen molar-refractivity contribution in [1.29, 1.82) is 0 Å². The fraction of sp³-hybridized carbons (Fsp3) is 0.440. The van der Waals surface area contributed by atoms with Crippen molar-refractivity contribution in [1.82, 2.24) is 15.1 Å². The zero-order valence-corrected chi connectivity index (χ0v) is 39.1. The number of nitrogens with zero attached hydrogens (tertiary/aromatic N) is 4. The number of hydrogen-bond donors (Lipinski definition) is 3. The van der Waals surface area contributed by atoms with Gasteiger partial charge in [-0.05, 0) is 82.1 Å². The Labute approximate surface area is 390 Å². The second-order valence-corrected chi connectivity index (χ2v) is 17.8. The fourth-order valence-electron chi connectivity index (χ4n) is 8.44. The lowest BCUT2D eigenvalue weighted by Crippen LogP contribution is -2.50. The average Bonchev–Trinajstić information content (AvgIpc) is 3.85. The molecule has 0 saturated heterocycles. The van der Waals surface area contributed by atoms with Crippen LogP contribution in [0.25, 0.3) is 0 Å². The van der Waals surface area contributed by atoms with Gasteiger partial charge in [-0.15, -0.1) is 0 Å². The van der Waals surface area contributed by atoms with Crippen LogP contribution in [0.1, 0.15) is 98.6 Å². The number of carbonyl (C=O) groups is 5. The number of rotatable bonds is 18. The normalized spacial score (nSPS) is 19.3. The van der Waals surface area contributed by atoms with Gasteiger partial charge in [0.25, 0.3) is 11.8 Å². The molecule has 4 N–H and O–H groups in total. The Kier molecular flexibility index (Phi) is 15.0. The van der Waals surface area contributed by atoms with E-state index in [0.717, 1.165) is 28.9 Å². The summed E-state index contributed by atoms with van der Waals surface area (Å²) in [6.07, 6.45) is 6.15. The predicted octanol–water partition coefficient (Wildman–Crippen LogP) is 6.36. The van der Waals surface area contributed by atoms with Crippen LogP contribution in [0.15, 0.2) is 77.1 Å². The molecule has 0 radical (unpaired) electrons. The highest BCUT2D eigenvalue weighted by Gasteiger charge is 2.45. The van der Waals surface area contributed by atoms with Gasteiger partial charge in [-0.2, -0.15) is 0 Å². The van der Waals surface area contributed by atoms with Crippen LogP contribution in [0.5, 0.6) is 23.0 Å². The number of benzene rings is 3. The van der Waals surface area contributed by atoms with Gasteiger partial charge in [-0.3, -0.25) is 24.2 Å². The van der Waals surface area contributed by atoms with Crippen LogP contribution < -0.4 is 34.9 Å². The molecule has 0 aromatic heterocycles. The summed E-state index contributed by atoms with van der Waals surface area (Å²) in [5, 5.41) is 14.5. The first kappa shape index (κ1) is 48.2. The van der Waals surface area contributed by atoms with Crippen molar-refractivity contribution in [2.75, 3.05) is 32.3 Å². The number of anilines is 1. The van der Waals surface area contributed by atoms with Crippen molar-refractivity contribution >= 4 is 47.2 Å². The molecular weight excluding hydrogens is 861 g/mol. The van der Waals surface area contributed by atoms with E-state index in [0.29, 0.717) is 59.7 Å². The summed E-state index contributed by atoms with van der Waals surface area (Å²) in [6.45, 7) is 9.59. The Bertz CT molecular complexity index is 2480. The molecule has 4 amide bonds. The molecular formula is C50H60N6O11. The third kappa shape index (κ3) is 10.6. The first-order chi connectivity index (χ1) is 32.1. The van der Waals surface area contributed by atoms with Crippen LogP contribution in [0.3, 0.4) is 0 Å². The first-order valence-corrected chi connectivity index (χ1v) is 22.6. The lowest BCUT2D eigenvalue weighted by molar-refractivity contribution is -0.128. The van der Waals surface area contributed by atoms with Crippen molar-refractivity contribution in [3.63, 3.8) is 0 Å². The van der Waals surface area contributed by atoms with E-state index in [-0.39, 0.29) is 71.9 Å². The van der Waals surface area contributed by atoms with Gasteiger partial charge in [0.15, 0.2) is 35.0 Å². The van der Waals surface area contributed by atoms with Gasteiger partial charge in [0.1, 0.15) is 6.61 Å². The maximum absolute atomic E-state index is 14.1. The quantitative estimate of drug-likeness (QED) is 0.119. The number of amides is 4. The van der Waals surface area contributed by atoms with Gasteiger partial charge < -0.3 is 49.6 Å². The fourth-order valence-corrected chi connectivity index (χ4v) is 8.44. The van der Waals surface area contributed by atoms with Crippen molar-refractivity contribution in [3.8, 4) is 23.0 Å². The lowest BCUT2D eigenvalue weighted by Gasteiger charge is -2.31. The van der Waals surface area contributed by atoms with Gasteiger partial charge in [0.2, 0.25) is 5.91 Å². The van der Waals surface area contributed by atoms with Crippen molar-refractivity contribution < 1.29 is 52.8 Å². The molecule has 17 nitrogen and oxygen atoms in total. The second-order valence-electron chi connectivity index (χ2n) is 17.8. The number of fused-ring (bicyclic) bond motifs is 4. The van der Waals surface area contributed by atoms with E-state index in [1.54, 1.807) is 60.6 Å². The molecule has 0 aliphatic carbocycles. The molecule has 0 saturated carbocycles. The maximum Gasteiger partial charge on any atom is 0.416 e. The van der Waals surface area contributed by atoms with E-state index in [1.807, 2.05) is 33.9 Å². The number of ether oxygens (including phenoxy) is 5. The number of ketones is 1. The lowest BCUT2D eigenvalue weighted by atomic mass is 10.0. The number of Topliss-reactive ketones (excluding diaryl/α,β-unsaturated/α-hetero) is 1. The Hall–Kier alpha value is -6.72. The topological polar surface area (TPSA) is 212 Å². The Morgan fingerprint density at radius 1 is 0.806 bits per heavy atom. The summed E-state index contributed by atoms with van der Waals surface area (Å²) in [6, 6.07) is 11.0. The SMILES string of the molecule is COc1cc2c(cc1OCCCCCOc1cc3c(cc1OC)C(=O)N1C=C(C)C[C@H]1[C@H](O)N3C(=O)OCc1ccc(CC(=O)[C@H](C)NC(=O)[C@@H](N)C(C)C)cc1)N=C[C@@H]1CC(C)=CN1C2=O. The summed E-state index contributed by atoms with van der Waals surface area (Å²) in [5.74, 6) is 0.259. The van der Waals surface area contributed by atoms with E-state index in [1.165, 1.54) is 31.3 Å². The highest BCUT2D eigenvalue weighted by Crippen LogP contribution is 2.43. The Morgan fingerprint density at radius 3 is 2.06 bits per heavy atom. The minimum absolute atomic E-state index is 0.0705. The van der Waals surface area contributed by atoms with Crippen molar-refractivity contribution in [2.24, 2.45) is 16.6 Å². The zero-order chi connectivity index (χ0) is 48.1. The van der Waals surface area contributed by atoms with E-state index in [4.69, 9.17) is 29.4 Å². The number of aliphatic hydroxyl groups is 1. The highest BCUT2D eigenvalue weighted by molar-refractivity contribution is 6.07. The molecule has 5 atom stereocenters. The van der Waals surface area contributed by atoms with Crippen LogP contribution in [-0.4, -0.2) is 109 Å². The van der Waals surface area contributed by atoms with Gasteiger partial charge >= 0.3 is 6.09 Å². The maximum atomic E-state index is 14.1. The minimum Gasteiger partial charge on any atom is -0.493 e. The molecule has 0 unspecified atom stereocenters. The number of nitrogens with one attached hydrogen (secondary N) is 1. The molecule has 7 rings (SSSR count). The number of unbranched alkanes of at least 4 members (excludes halogenated alkanes) is 2. The molecule has 3 aromatic carbocycles. The molecule has 3 aromatic rings. The third-order valence-corrected chi connectivity index (χ3v) is 12.4. The molecule has 0 bridgehead atoms. The van der Waals surface area contributed by atoms with Crippen LogP contribution in [0.4, 0.5) is 16.2 Å². The summed E-state index contributed by atoms with van der Waals surface area (Å²) >= 11 is 0. The molecule has 0 spiro atoms. The van der Waals surface area contributed by atoms with Crippen LogP contribution in [0, 0.1) is 5.92 Å². The number of carbonyl (C=O) groups excluding carboxylic acids is 5. The Morgan fingerprint density at radius 2 is 1.40 bits per heavy atom. The molecule has 356 valence electrons. The van der Waals surface area contributed by atoms with E-state index >= 15 is 0 Å². The van der Waals surface area contributed by atoms with Crippen LogP contribution >= 0.6 is 0 Å². The molecule has 4 aliphatic rings. The average molecular weight is 921 g/mol. The smallest absolute Gasteiger partial charge is 0.416 e. The number of nitrogens with two attached hydrogens (primary N) is 1. The largest absolute Gasteiger partial charge is 0.493 e. The summed E-state index contributed by atoms with van der Waals surface area (Å²) in [4.78, 5) is 75.5. The van der Waals surface area contributed by atoms with Crippen LogP contribution in [-0.2, 0) is 27.4 Å². The molecule has 0 fully saturated rings. The number of aliphatic imine (C=N–C) groups is 1. The third-order valence-electron chi connectivity index (χ3n) is 12.4. The van der Waals surface area contributed by atoms with E-state index in [2.05, 4.69) is 10.3 Å². The molecule has 4 heterocycles. The number of aliphatic hydroxyl groups excluding tert-OH is 1. The van der Waals surface area contributed by atoms with Gasteiger partial charge in [0, 0.05) is 37.2 Å². The number of hydrogen-bond acceptors (Lipinski definition) is 13. The second kappa shape index (κ2) is 20.8. The summed E-state index contributed by atoms with van der Waals surface area (Å²) in [5.41, 5.74) is 10.4. The zero-order valence-electron chi connectivity index (χ0n) is 39.1. The first-order valence-electron chi connectivity index (χ1n) is 22.6. The van der Waals surface area contributed by atoms with Crippen molar-refractivity contribution in [2.45, 2.75) is 110 Å². The monoisotopic (exact) mass is 920 g/mol. The minimum atomic E-state index is -1.47. The molecule has 17 heteroatoms. The number of methoxy groups -OCH3 is 2. The summed E-state index contributed by atoms with van der Waals surface area (Å²) in [7, 11) is 2.99. The van der Waals surface area contributed by atoms with Crippen molar-refractivity contribution in [3.05, 3.63) is 94.3 Å². The van der Waals surface area contributed by atoms with E-state index < -0.39 is 36.4 Å². The molecule has 67 heavy (non-hydrogen) atoms. The Balaban J connectivity index is 0.975. The molecule has 4 aliphatic heterocycles. The van der Waals surface area contributed by atoms with E-state index in [9.17, 15) is 29.1 Å². The van der Waals surface area contributed by atoms with Gasteiger partial charge in [0.05, 0.1) is 74.1 Å². The standard InChI is InChI=1S/C50H60N6O11/c1-28(2)45(51)46(58)53-31(5)40(57)19-32-11-13-33(14-12-32)27-67-50(62)56-38-23-44(42(64-7)21-36(38)48(60)55-26-30(4)18-39(55)49(56)61)66-16-10-8-9-15-65-43-22-37-35(20-41(43)63-6)47(59)54-25-29(3)17-34(54)24-52-37/h11-14,20-26,28,31,34,39,45,49,61H,8-10,15-19,27,51H2,1-7H3,(H,53,58)/t31-,34-,39-,45-,49-/m0/s1. The predicted molar refractivity (Wildman–Crippen MR) is 250 cm³/mol. The summed E-state index contributed by atoms with van der Waals surface area (Å²) < 4.78 is 29.3. The van der Waals surface area contributed by atoms with Crippen LogP contribution in [0.2, 0.25) is 0 Å². The highest BCUT2D eigenvalue weighted by atomic mass is 16.6. The van der Waals surface area contributed by atoms with Gasteiger partial charge in [-0.25, -0.2) is 9.69 Å².